The second-order valence-electron chi connectivity index (χ2n) is 7.58. The molecule has 2 aromatic carbocycles. The fourth-order valence-corrected chi connectivity index (χ4v) is 5.41. The van der Waals surface area contributed by atoms with Crippen LogP contribution in [0, 0.1) is 0 Å². The average molecular weight is 493 g/mol. The van der Waals surface area contributed by atoms with Crippen LogP contribution >= 0.6 is 23.4 Å². The van der Waals surface area contributed by atoms with Crippen LogP contribution in [0.25, 0.3) is 10.9 Å². The van der Waals surface area contributed by atoms with Gasteiger partial charge < -0.3 is 5.32 Å². The van der Waals surface area contributed by atoms with Crippen molar-refractivity contribution in [1.82, 2.24) is 9.55 Å². The van der Waals surface area contributed by atoms with Gasteiger partial charge in [-0.2, -0.15) is 0 Å². The molecule has 11 heteroatoms. The number of nitrogens with zero attached hydrogens (tertiary/aromatic N) is 2. The summed E-state index contributed by atoms with van der Waals surface area (Å²) in [4.78, 5) is 30.3. The van der Waals surface area contributed by atoms with Crippen LogP contribution in [-0.4, -0.2) is 29.6 Å². The monoisotopic (exact) mass is 492 g/mol. The number of fused-ring (bicyclic) bond motifs is 1. The molecule has 1 saturated carbocycles. The molecule has 0 aliphatic heterocycles. The molecule has 1 aliphatic carbocycles. The molecule has 0 atom stereocenters. The number of halogens is 1. The van der Waals surface area contributed by atoms with Gasteiger partial charge in [-0.3, -0.25) is 14.2 Å². The Morgan fingerprint density at radius 3 is 2.69 bits per heavy atom. The number of sulfonamides is 1. The van der Waals surface area contributed by atoms with E-state index >= 15 is 0 Å². The number of hydrogen-bond acceptors (Lipinski definition) is 6. The van der Waals surface area contributed by atoms with E-state index in [0.29, 0.717) is 26.8 Å². The lowest BCUT2D eigenvalue weighted by Crippen LogP contribution is -2.27. The number of carbonyl (C=O) groups excluding carboxylic acids is 1. The average Bonchev–Trinajstić information content (AvgIpc) is 3.26. The van der Waals surface area contributed by atoms with Crippen molar-refractivity contribution in [3.63, 3.8) is 0 Å². The fourth-order valence-electron chi connectivity index (χ4n) is 3.82. The molecule has 168 valence electrons. The first kappa shape index (κ1) is 22.8. The molecule has 1 amide bonds. The molecule has 3 aromatic rings. The maximum atomic E-state index is 13.2. The van der Waals surface area contributed by atoms with Gasteiger partial charge in [0, 0.05) is 16.8 Å². The number of anilines is 1. The van der Waals surface area contributed by atoms with E-state index < -0.39 is 10.0 Å². The molecular formula is C21H21ClN4O4S2. The van der Waals surface area contributed by atoms with Crippen molar-refractivity contribution >= 4 is 55.9 Å². The molecule has 0 bridgehead atoms. The first-order valence-corrected chi connectivity index (χ1v) is 12.9. The van der Waals surface area contributed by atoms with Gasteiger partial charge in [0.2, 0.25) is 15.9 Å². The summed E-state index contributed by atoms with van der Waals surface area (Å²) < 4.78 is 24.7. The van der Waals surface area contributed by atoms with Crippen molar-refractivity contribution in [1.29, 1.82) is 0 Å². The van der Waals surface area contributed by atoms with Gasteiger partial charge in [-0.05, 0) is 49.2 Å². The predicted octanol–water partition coefficient (Wildman–Crippen LogP) is 3.54. The maximum Gasteiger partial charge on any atom is 0.262 e. The summed E-state index contributed by atoms with van der Waals surface area (Å²) in [6.45, 7) is 0. The molecule has 3 N–H and O–H groups in total. The van der Waals surface area contributed by atoms with Gasteiger partial charge in [-0.25, -0.2) is 18.5 Å². The van der Waals surface area contributed by atoms with Gasteiger partial charge in [-0.1, -0.05) is 42.3 Å². The highest BCUT2D eigenvalue weighted by molar-refractivity contribution is 7.99. The molecule has 0 saturated heterocycles. The van der Waals surface area contributed by atoms with Crippen LogP contribution in [0.1, 0.15) is 31.7 Å². The van der Waals surface area contributed by atoms with E-state index in [1.807, 2.05) is 0 Å². The fraction of sp³-hybridized carbons (Fsp3) is 0.286. The highest BCUT2D eigenvalue weighted by atomic mass is 35.5. The zero-order valence-electron chi connectivity index (χ0n) is 17.0. The van der Waals surface area contributed by atoms with Crippen LogP contribution in [0.2, 0.25) is 5.02 Å². The SMILES string of the molecule is NS(=O)(=O)c1cccc(NC(=O)CSc2nc3cc(Cl)ccc3c(=O)n2C2CCCC2)c1. The number of carbonyl (C=O) groups is 1. The van der Waals surface area contributed by atoms with Crippen molar-refractivity contribution in [2.24, 2.45) is 5.14 Å². The third-order valence-electron chi connectivity index (χ3n) is 5.30. The number of hydrogen-bond donors (Lipinski definition) is 2. The van der Waals surface area contributed by atoms with Gasteiger partial charge in [0.25, 0.3) is 5.56 Å². The highest BCUT2D eigenvalue weighted by Gasteiger charge is 2.23. The van der Waals surface area contributed by atoms with Crippen LogP contribution in [-0.2, 0) is 14.8 Å². The number of thioether (sulfide) groups is 1. The number of amides is 1. The summed E-state index contributed by atoms with van der Waals surface area (Å²) in [5.41, 5.74) is 0.663. The quantitative estimate of drug-likeness (QED) is 0.400. The van der Waals surface area contributed by atoms with E-state index in [2.05, 4.69) is 10.3 Å². The minimum absolute atomic E-state index is 0.00909. The lowest BCUT2D eigenvalue weighted by molar-refractivity contribution is -0.113. The molecular weight excluding hydrogens is 472 g/mol. The van der Waals surface area contributed by atoms with Crippen molar-refractivity contribution in [2.75, 3.05) is 11.1 Å². The van der Waals surface area contributed by atoms with Crippen LogP contribution in [0.4, 0.5) is 5.69 Å². The largest absolute Gasteiger partial charge is 0.325 e. The Balaban J connectivity index is 1.59. The summed E-state index contributed by atoms with van der Waals surface area (Å²) in [5.74, 6) is -0.370. The smallest absolute Gasteiger partial charge is 0.262 e. The van der Waals surface area contributed by atoms with Crippen molar-refractivity contribution in [2.45, 2.75) is 41.8 Å². The molecule has 8 nitrogen and oxygen atoms in total. The van der Waals surface area contributed by atoms with Gasteiger partial charge in [0.1, 0.15) is 0 Å². The lowest BCUT2D eigenvalue weighted by Gasteiger charge is -2.18. The molecule has 0 unspecified atom stereocenters. The number of rotatable bonds is 6. The van der Waals surface area contributed by atoms with Crippen molar-refractivity contribution in [3.8, 4) is 0 Å². The number of nitrogens with two attached hydrogens (primary N) is 1. The van der Waals surface area contributed by atoms with E-state index in [0.717, 1.165) is 37.4 Å². The Hall–Kier alpha value is -2.40. The number of aromatic nitrogens is 2. The number of nitrogens with one attached hydrogen (secondary N) is 1. The molecule has 0 radical (unpaired) electrons. The molecule has 1 heterocycles. The Bertz CT molecular complexity index is 1350. The Morgan fingerprint density at radius 1 is 1.22 bits per heavy atom. The summed E-state index contributed by atoms with van der Waals surface area (Å²) in [6.07, 6.45) is 3.86. The first-order chi connectivity index (χ1) is 15.2. The predicted molar refractivity (Wildman–Crippen MR) is 126 cm³/mol. The molecule has 0 spiro atoms. The Morgan fingerprint density at radius 2 is 1.97 bits per heavy atom. The zero-order chi connectivity index (χ0) is 22.9. The van der Waals surface area contributed by atoms with Crippen molar-refractivity contribution < 1.29 is 13.2 Å². The van der Waals surface area contributed by atoms with E-state index in [-0.39, 0.29) is 28.2 Å². The second kappa shape index (κ2) is 9.22. The van der Waals surface area contributed by atoms with Crippen LogP contribution in [0.5, 0.6) is 0 Å². The van der Waals surface area contributed by atoms with Crippen LogP contribution < -0.4 is 16.0 Å². The summed E-state index contributed by atoms with van der Waals surface area (Å²) in [7, 11) is -3.88. The molecule has 1 aromatic heterocycles. The summed E-state index contributed by atoms with van der Waals surface area (Å²) in [5, 5.41) is 9.24. The zero-order valence-corrected chi connectivity index (χ0v) is 19.3. The van der Waals surface area contributed by atoms with Gasteiger partial charge in [0.15, 0.2) is 5.16 Å². The summed E-state index contributed by atoms with van der Waals surface area (Å²) in [6, 6.07) is 10.7. The number of primary sulfonamides is 1. The van der Waals surface area contributed by atoms with Gasteiger partial charge in [0.05, 0.1) is 21.6 Å². The molecule has 32 heavy (non-hydrogen) atoms. The topological polar surface area (TPSA) is 124 Å². The maximum absolute atomic E-state index is 13.2. The van der Waals surface area contributed by atoms with Gasteiger partial charge in [-0.15, -0.1) is 0 Å². The highest BCUT2D eigenvalue weighted by Crippen LogP contribution is 2.32. The normalized spacial score (nSPS) is 14.7. The summed E-state index contributed by atoms with van der Waals surface area (Å²) >= 11 is 7.24. The minimum Gasteiger partial charge on any atom is -0.325 e. The van der Waals surface area contributed by atoms with E-state index in [1.165, 1.54) is 18.2 Å². The molecule has 1 fully saturated rings. The second-order valence-corrected chi connectivity index (χ2v) is 10.5. The third-order valence-corrected chi connectivity index (χ3v) is 7.40. The van der Waals surface area contributed by atoms with Crippen molar-refractivity contribution in [3.05, 3.63) is 57.8 Å². The van der Waals surface area contributed by atoms with Crippen LogP contribution in [0.3, 0.4) is 0 Å². The van der Waals surface area contributed by atoms with E-state index in [1.54, 1.807) is 28.8 Å². The molecule has 1 aliphatic rings. The third kappa shape index (κ3) is 4.98. The molecule has 4 rings (SSSR count). The standard InChI is InChI=1S/C21H21ClN4O4S2/c22-13-8-9-17-18(10-13)25-21(26(20(17)28)15-5-1-2-6-15)31-12-19(27)24-14-4-3-7-16(11-14)32(23,29)30/h3-4,7-11,15H,1-2,5-6,12H2,(H,24,27)(H2,23,29,30). The van der Waals surface area contributed by atoms with E-state index in [9.17, 15) is 18.0 Å². The number of benzene rings is 2. The Kier molecular flexibility index (Phi) is 6.57. The first-order valence-electron chi connectivity index (χ1n) is 10.00. The minimum atomic E-state index is -3.88. The lowest BCUT2D eigenvalue weighted by atomic mass is 10.2. The van der Waals surface area contributed by atoms with E-state index in [4.69, 9.17) is 16.7 Å². The Labute approximate surface area is 194 Å². The van der Waals surface area contributed by atoms with Gasteiger partial charge >= 0.3 is 0 Å². The van der Waals surface area contributed by atoms with Crippen LogP contribution in [0.15, 0.2) is 57.3 Å².